The van der Waals surface area contributed by atoms with Crippen LogP contribution in [0.4, 0.5) is 0 Å². The van der Waals surface area contributed by atoms with Crippen LogP contribution < -0.4 is 5.56 Å². The van der Waals surface area contributed by atoms with Gasteiger partial charge in [-0.25, -0.2) is 4.98 Å². The van der Waals surface area contributed by atoms with Gasteiger partial charge in [0.1, 0.15) is 5.82 Å². The van der Waals surface area contributed by atoms with Gasteiger partial charge in [-0.3, -0.25) is 9.36 Å². The predicted octanol–water partition coefficient (Wildman–Crippen LogP) is 2.94. The summed E-state index contributed by atoms with van der Waals surface area (Å²) in [4.78, 5) is 17.0. The maximum absolute atomic E-state index is 12.6. The highest BCUT2D eigenvalue weighted by Crippen LogP contribution is 2.11. The summed E-state index contributed by atoms with van der Waals surface area (Å²) in [5, 5.41) is 11.4. The SMILES string of the molecule is Cc1nc2ccccc2c(=O)n1C[C@@H](O)COCc1ccc(Cl)cc1. The Labute approximate surface area is 150 Å². The van der Waals surface area contributed by atoms with Crippen LogP contribution in [0.1, 0.15) is 11.4 Å². The largest absolute Gasteiger partial charge is 0.389 e. The second kappa shape index (κ2) is 7.78. The minimum atomic E-state index is -0.799. The van der Waals surface area contributed by atoms with Crippen molar-refractivity contribution in [3.8, 4) is 0 Å². The molecule has 6 heteroatoms. The molecule has 2 aromatic carbocycles. The van der Waals surface area contributed by atoms with Crippen LogP contribution in [0.3, 0.4) is 0 Å². The van der Waals surface area contributed by atoms with Gasteiger partial charge in [0.15, 0.2) is 0 Å². The molecule has 0 aliphatic heterocycles. The fourth-order valence-corrected chi connectivity index (χ4v) is 2.78. The quantitative estimate of drug-likeness (QED) is 0.735. The van der Waals surface area contributed by atoms with E-state index in [1.807, 2.05) is 18.2 Å². The summed E-state index contributed by atoms with van der Waals surface area (Å²) in [6, 6.07) is 14.5. The molecule has 1 heterocycles. The number of hydrogen-bond donors (Lipinski definition) is 1. The van der Waals surface area contributed by atoms with Gasteiger partial charge in [-0.05, 0) is 36.8 Å². The summed E-state index contributed by atoms with van der Waals surface area (Å²) in [6.45, 7) is 2.40. The number of aliphatic hydroxyl groups excluding tert-OH is 1. The first-order valence-electron chi connectivity index (χ1n) is 8.01. The highest BCUT2D eigenvalue weighted by atomic mass is 35.5. The van der Waals surface area contributed by atoms with E-state index in [0.29, 0.717) is 28.4 Å². The number of aromatic nitrogens is 2. The number of para-hydroxylation sites is 1. The molecule has 1 aromatic heterocycles. The Hall–Kier alpha value is -2.21. The van der Waals surface area contributed by atoms with Crippen molar-refractivity contribution in [1.82, 2.24) is 9.55 Å². The lowest BCUT2D eigenvalue weighted by atomic mass is 10.2. The molecular weight excluding hydrogens is 340 g/mol. The zero-order chi connectivity index (χ0) is 17.8. The van der Waals surface area contributed by atoms with Crippen LogP contribution in [0.15, 0.2) is 53.3 Å². The topological polar surface area (TPSA) is 64.4 Å². The normalized spacial score (nSPS) is 12.4. The first kappa shape index (κ1) is 17.6. The fraction of sp³-hybridized carbons (Fsp3) is 0.263. The molecule has 0 fully saturated rings. The number of fused-ring (bicyclic) bond motifs is 1. The van der Waals surface area contributed by atoms with Gasteiger partial charge >= 0.3 is 0 Å². The Morgan fingerprint density at radius 3 is 2.68 bits per heavy atom. The second-order valence-corrected chi connectivity index (χ2v) is 6.32. The third kappa shape index (κ3) is 4.25. The van der Waals surface area contributed by atoms with Gasteiger partial charge in [0.05, 0.1) is 36.8 Å². The zero-order valence-electron chi connectivity index (χ0n) is 13.9. The van der Waals surface area contributed by atoms with E-state index in [2.05, 4.69) is 4.98 Å². The van der Waals surface area contributed by atoms with Gasteiger partial charge in [0.2, 0.25) is 0 Å². The molecule has 5 nitrogen and oxygen atoms in total. The van der Waals surface area contributed by atoms with Gasteiger partial charge in [-0.1, -0.05) is 35.9 Å². The van der Waals surface area contributed by atoms with Crippen molar-refractivity contribution < 1.29 is 9.84 Å². The highest BCUT2D eigenvalue weighted by Gasteiger charge is 2.12. The van der Waals surface area contributed by atoms with Crippen LogP contribution in [0.2, 0.25) is 5.02 Å². The van der Waals surface area contributed by atoms with Crippen LogP contribution in [0.25, 0.3) is 10.9 Å². The summed E-state index contributed by atoms with van der Waals surface area (Å²) in [5.41, 5.74) is 1.48. The Kier molecular flexibility index (Phi) is 5.48. The molecule has 3 aromatic rings. The smallest absolute Gasteiger partial charge is 0.261 e. The number of ether oxygens (including phenoxy) is 1. The van der Waals surface area contributed by atoms with Crippen LogP contribution >= 0.6 is 11.6 Å². The average molecular weight is 359 g/mol. The van der Waals surface area contributed by atoms with Gasteiger partial charge in [-0.2, -0.15) is 0 Å². The third-order valence-corrected chi connectivity index (χ3v) is 4.19. The maximum atomic E-state index is 12.6. The molecule has 0 amide bonds. The number of benzene rings is 2. The molecule has 0 saturated heterocycles. The number of aliphatic hydroxyl groups is 1. The van der Waals surface area contributed by atoms with Crippen LogP contribution in [0.5, 0.6) is 0 Å². The van der Waals surface area contributed by atoms with Crippen molar-refractivity contribution in [1.29, 1.82) is 0 Å². The number of rotatable bonds is 6. The lowest BCUT2D eigenvalue weighted by molar-refractivity contribution is 0.0195. The molecule has 0 aliphatic rings. The first-order chi connectivity index (χ1) is 12.0. The van der Waals surface area contributed by atoms with E-state index in [1.54, 1.807) is 37.3 Å². The monoisotopic (exact) mass is 358 g/mol. The lowest BCUT2D eigenvalue weighted by Crippen LogP contribution is -2.31. The molecule has 1 N–H and O–H groups in total. The maximum Gasteiger partial charge on any atom is 0.261 e. The summed E-state index contributed by atoms with van der Waals surface area (Å²) in [6.07, 6.45) is -0.799. The molecule has 0 spiro atoms. The molecule has 3 rings (SSSR count). The van der Waals surface area contributed by atoms with Crippen molar-refractivity contribution in [2.75, 3.05) is 6.61 Å². The molecule has 0 bridgehead atoms. The minimum Gasteiger partial charge on any atom is -0.389 e. The van der Waals surface area contributed by atoms with E-state index >= 15 is 0 Å². The number of aryl methyl sites for hydroxylation is 1. The predicted molar refractivity (Wildman–Crippen MR) is 97.9 cm³/mol. The van der Waals surface area contributed by atoms with Gasteiger partial charge in [0, 0.05) is 5.02 Å². The van der Waals surface area contributed by atoms with Crippen molar-refractivity contribution >= 4 is 22.5 Å². The number of halogens is 1. The zero-order valence-corrected chi connectivity index (χ0v) is 14.6. The van der Waals surface area contributed by atoms with Crippen LogP contribution in [-0.2, 0) is 17.9 Å². The molecule has 0 unspecified atom stereocenters. The van der Waals surface area contributed by atoms with Gasteiger partial charge < -0.3 is 9.84 Å². The summed E-state index contributed by atoms with van der Waals surface area (Å²) < 4.78 is 7.02. The minimum absolute atomic E-state index is 0.126. The molecular formula is C19H19ClN2O3. The van der Waals surface area contributed by atoms with Gasteiger partial charge in [0.25, 0.3) is 5.56 Å². The van der Waals surface area contributed by atoms with Crippen molar-refractivity contribution in [3.63, 3.8) is 0 Å². The van der Waals surface area contributed by atoms with Gasteiger partial charge in [-0.15, -0.1) is 0 Å². The molecule has 1 atom stereocenters. The van der Waals surface area contributed by atoms with Crippen molar-refractivity contribution in [3.05, 3.63) is 75.3 Å². The second-order valence-electron chi connectivity index (χ2n) is 5.89. The van der Waals surface area contributed by atoms with E-state index < -0.39 is 6.10 Å². The van der Waals surface area contributed by atoms with Crippen LogP contribution in [-0.4, -0.2) is 27.4 Å². The standard InChI is InChI=1S/C19H19ClN2O3/c1-13-21-18-5-3-2-4-17(18)19(24)22(13)10-16(23)12-25-11-14-6-8-15(20)9-7-14/h2-9,16,23H,10-12H2,1H3/t16-/m1/s1. The van der Waals surface area contributed by atoms with E-state index in [0.717, 1.165) is 5.56 Å². The molecule has 0 radical (unpaired) electrons. The number of hydrogen-bond acceptors (Lipinski definition) is 4. The van der Waals surface area contributed by atoms with E-state index in [9.17, 15) is 9.90 Å². The van der Waals surface area contributed by atoms with E-state index in [-0.39, 0.29) is 18.7 Å². The molecule has 25 heavy (non-hydrogen) atoms. The van der Waals surface area contributed by atoms with Crippen molar-refractivity contribution in [2.24, 2.45) is 0 Å². The van der Waals surface area contributed by atoms with Crippen LogP contribution in [0, 0.1) is 6.92 Å². The first-order valence-corrected chi connectivity index (χ1v) is 8.39. The molecule has 130 valence electrons. The van der Waals surface area contributed by atoms with Crippen molar-refractivity contribution in [2.45, 2.75) is 26.2 Å². The summed E-state index contributed by atoms with van der Waals surface area (Å²) in [7, 11) is 0. The number of nitrogens with zero attached hydrogens (tertiary/aromatic N) is 2. The third-order valence-electron chi connectivity index (χ3n) is 3.94. The Balaban J connectivity index is 1.64. The fourth-order valence-electron chi connectivity index (χ4n) is 2.65. The Morgan fingerprint density at radius 2 is 1.92 bits per heavy atom. The summed E-state index contributed by atoms with van der Waals surface area (Å²) in [5.74, 6) is 0.570. The molecule has 0 saturated carbocycles. The lowest BCUT2D eigenvalue weighted by Gasteiger charge is -2.15. The molecule has 0 aliphatic carbocycles. The van der Waals surface area contributed by atoms with E-state index in [1.165, 1.54) is 4.57 Å². The average Bonchev–Trinajstić information content (AvgIpc) is 2.60. The Bertz CT molecular complexity index is 922. The Morgan fingerprint density at radius 1 is 1.20 bits per heavy atom. The van der Waals surface area contributed by atoms with E-state index in [4.69, 9.17) is 16.3 Å². The summed E-state index contributed by atoms with van der Waals surface area (Å²) >= 11 is 5.84. The highest BCUT2D eigenvalue weighted by molar-refractivity contribution is 6.30.